The standard InChI is InChI=1S/C13H26N2O2S/c1-4-18-11-6-5-10(7-11)15-13(17)14-8-12(16)9(2)3/h9-12,16H,4-8H2,1-3H3,(H2,14,15,17). The van der Waals surface area contributed by atoms with Crippen LogP contribution in [0.2, 0.25) is 0 Å². The van der Waals surface area contributed by atoms with Crippen LogP contribution in [0.15, 0.2) is 0 Å². The molecule has 2 amide bonds. The molecule has 0 aliphatic heterocycles. The van der Waals surface area contributed by atoms with Crippen molar-refractivity contribution in [2.24, 2.45) is 5.92 Å². The number of hydrogen-bond acceptors (Lipinski definition) is 3. The highest BCUT2D eigenvalue weighted by Crippen LogP contribution is 2.29. The van der Waals surface area contributed by atoms with Crippen molar-refractivity contribution in [1.29, 1.82) is 0 Å². The zero-order chi connectivity index (χ0) is 13.5. The van der Waals surface area contributed by atoms with Gasteiger partial charge in [0.15, 0.2) is 0 Å². The minimum atomic E-state index is -0.470. The Bertz CT molecular complexity index is 261. The van der Waals surface area contributed by atoms with Gasteiger partial charge in [-0.15, -0.1) is 0 Å². The van der Waals surface area contributed by atoms with Crippen LogP contribution in [-0.4, -0.2) is 40.8 Å². The number of amides is 2. The maximum atomic E-state index is 11.7. The summed E-state index contributed by atoms with van der Waals surface area (Å²) < 4.78 is 0. The number of carbonyl (C=O) groups excluding carboxylic acids is 1. The molecule has 0 heterocycles. The summed E-state index contributed by atoms with van der Waals surface area (Å²) in [4.78, 5) is 11.7. The van der Waals surface area contributed by atoms with Gasteiger partial charge in [-0.2, -0.15) is 11.8 Å². The lowest BCUT2D eigenvalue weighted by atomic mass is 10.1. The van der Waals surface area contributed by atoms with E-state index >= 15 is 0 Å². The van der Waals surface area contributed by atoms with Crippen molar-refractivity contribution in [3.8, 4) is 0 Å². The number of urea groups is 1. The van der Waals surface area contributed by atoms with Gasteiger partial charge >= 0.3 is 6.03 Å². The molecule has 3 atom stereocenters. The molecule has 0 saturated heterocycles. The highest BCUT2D eigenvalue weighted by Gasteiger charge is 2.25. The molecule has 4 nitrogen and oxygen atoms in total. The van der Waals surface area contributed by atoms with Crippen molar-refractivity contribution in [2.45, 2.75) is 57.4 Å². The number of hydrogen-bond donors (Lipinski definition) is 3. The SMILES string of the molecule is CCSC1CCC(NC(=O)NCC(O)C(C)C)C1. The number of nitrogens with one attached hydrogen (secondary N) is 2. The number of thioether (sulfide) groups is 1. The van der Waals surface area contributed by atoms with Crippen LogP contribution in [-0.2, 0) is 0 Å². The van der Waals surface area contributed by atoms with Gasteiger partial charge in [-0.05, 0) is 30.9 Å². The predicted molar refractivity (Wildman–Crippen MR) is 76.9 cm³/mol. The minimum Gasteiger partial charge on any atom is -0.391 e. The summed E-state index contributed by atoms with van der Waals surface area (Å²) in [6, 6.07) is 0.145. The maximum Gasteiger partial charge on any atom is 0.315 e. The Kier molecular flexibility index (Phi) is 6.86. The lowest BCUT2D eigenvalue weighted by Gasteiger charge is -2.17. The molecule has 0 radical (unpaired) electrons. The Morgan fingerprint density at radius 3 is 2.78 bits per heavy atom. The Labute approximate surface area is 114 Å². The van der Waals surface area contributed by atoms with E-state index in [4.69, 9.17) is 0 Å². The van der Waals surface area contributed by atoms with Crippen LogP contribution in [0, 0.1) is 5.92 Å². The average molecular weight is 274 g/mol. The van der Waals surface area contributed by atoms with E-state index in [-0.39, 0.29) is 11.9 Å². The molecular formula is C13H26N2O2S. The van der Waals surface area contributed by atoms with E-state index in [9.17, 15) is 9.90 Å². The first-order chi connectivity index (χ1) is 8.52. The summed E-state index contributed by atoms with van der Waals surface area (Å²) in [7, 11) is 0. The molecule has 18 heavy (non-hydrogen) atoms. The minimum absolute atomic E-state index is 0.151. The van der Waals surface area contributed by atoms with Gasteiger partial charge in [0, 0.05) is 17.8 Å². The monoisotopic (exact) mass is 274 g/mol. The summed E-state index contributed by atoms with van der Waals surface area (Å²) >= 11 is 1.98. The van der Waals surface area contributed by atoms with Gasteiger partial charge in [0.05, 0.1) is 6.10 Å². The largest absolute Gasteiger partial charge is 0.391 e. The molecule has 1 rings (SSSR count). The molecular weight excluding hydrogens is 248 g/mol. The first kappa shape index (κ1) is 15.6. The Morgan fingerprint density at radius 2 is 2.17 bits per heavy atom. The molecule has 1 fully saturated rings. The van der Waals surface area contributed by atoms with Gasteiger partial charge in [-0.3, -0.25) is 0 Å². The molecule has 0 bridgehead atoms. The molecule has 5 heteroatoms. The molecule has 106 valence electrons. The molecule has 0 aromatic carbocycles. The van der Waals surface area contributed by atoms with Crippen molar-refractivity contribution in [1.82, 2.24) is 10.6 Å². The number of carbonyl (C=O) groups is 1. The van der Waals surface area contributed by atoms with Gasteiger partial charge in [-0.1, -0.05) is 20.8 Å². The van der Waals surface area contributed by atoms with Gasteiger partial charge in [0.25, 0.3) is 0 Å². The van der Waals surface area contributed by atoms with Crippen LogP contribution in [0.3, 0.4) is 0 Å². The van der Waals surface area contributed by atoms with Gasteiger partial charge < -0.3 is 15.7 Å². The van der Waals surface area contributed by atoms with Crippen molar-refractivity contribution in [3.63, 3.8) is 0 Å². The number of rotatable bonds is 6. The second kappa shape index (κ2) is 7.89. The molecule has 3 unspecified atom stereocenters. The van der Waals surface area contributed by atoms with Crippen molar-refractivity contribution >= 4 is 17.8 Å². The Morgan fingerprint density at radius 1 is 1.44 bits per heavy atom. The third kappa shape index (κ3) is 5.48. The van der Waals surface area contributed by atoms with E-state index in [2.05, 4.69) is 17.6 Å². The third-order valence-electron chi connectivity index (χ3n) is 3.36. The van der Waals surface area contributed by atoms with Crippen molar-refractivity contribution < 1.29 is 9.90 Å². The van der Waals surface area contributed by atoms with Crippen molar-refractivity contribution in [3.05, 3.63) is 0 Å². The average Bonchev–Trinajstić information content (AvgIpc) is 2.73. The van der Waals surface area contributed by atoms with E-state index in [0.29, 0.717) is 17.8 Å². The van der Waals surface area contributed by atoms with Gasteiger partial charge in [-0.25, -0.2) is 4.79 Å². The quantitative estimate of drug-likeness (QED) is 0.694. The summed E-state index contributed by atoms with van der Waals surface area (Å²) in [6.45, 7) is 6.37. The number of aliphatic hydroxyl groups excluding tert-OH is 1. The van der Waals surface area contributed by atoms with E-state index in [1.54, 1.807) is 0 Å². The fourth-order valence-electron chi connectivity index (χ4n) is 2.13. The topological polar surface area (TPSA) is 61.4 Å². The fourth-order valence-corrected chi connectivity index (χ4v) is 3.27. The van der Waals surface area contributed by atoms with Crippen LogP contribution >= 0.6 is 11.8 Å². The van der Waals surface area contributed by atoms with Gasteiger partial charge in [0.2, 0.25) is 0 Å². The highest BCUT2D eigenvalue weighted by molar-refractivity contribution is 7.99. The lowest BCUT2D eigenvalue weighted by Crippen LogP contribution is -2.44. The second-order valence-electron chi connectivity index (χ2n) is 5.25. The fraction of sp³-hybridized carbons (Fsp3) is 0.923. The van der Waals surface area contributed by atoms with Crippen LogP contribution in [0.1, 0.15) is 40.0 Å². The second-order valence-corrected chi connectivity index (χ2v) is 6.83. The zero-order valence-electron chi connectivity index (χ0n) is 11.6. The molecule has 3 N–H and O–H groups in total. The van der Waals surface area contributed by atoms with Crippen LogP contribution in [0.5, 0.6) is 0 Å². The third-order valence-corrected chi connectivity index (χ3v) is 4.60. The Balaban J connectivity index is 2.17. The van der Waals surface area contributed by atoms with E-state index in [1.165, 1.54) is 6.42 Å². The van der Waals surface area contributed by atoms with Gasteiger partial charge in [0.1, 0.15) is 0 Å². The molecule has 0 aromatic heterocycles. The number of aliphatic hydroxyl groups is 1. The normalized spacial score (nSPS) is 25.2. The summed E-state index contributed by atoms with van der Waals surface area (Å²) in [5.74, 6) is 1.31. The van der Waals surface area contributed by atoms with E-state index in [1.807, 2.05) is 25.6 Å². The first-order valence-electron chi connectivity index (χ1n) is 6.87. The highest BCUT2D eigenvalue weighted by atomic mass is 32.2. The van der Waals surface area contributed by atoms with Crippen LogP contribution < -0.4 is 10.6 Å². The summed E-state index contributed by atoms with van der Waals surface area (Å²) in [5, 5.41) is 16.0. The molecule has 0 spiro atoms. The summed E-state index contributed by atoms with van der Waals surface area (Å²) in [5.41, 5.74) is 0. The zero-order valence-corrected chi connectivity index (χ0v) is 12.4. The summed E-state index contributed by atoms with van der Waals surface area (Å²) in [6.07, 6.45) is 2.86. The molecule has 0 aromatic rings. The van der Waals surface area contributed by atoms with E-state index in [0.717, 1.165) is 18.6 Å². The van der Waals surface area contributed by atoms with Crippen molar-refractivity contribution in [2.75, 3.05) is 12.3 Å². The first-order valence-corrected chi connectivity index (χ1v) is 7.91. The van der Waals surface area contributed by atoms with E-state index < -0.39 is 6.10 Å². The molecule has 1 aliphatic rings. The van der Waals surface area contributed by atoms with Crippen LogP contribution in [0.25, 0.3) is 0 Å². The maximum absolute atomic E-state index is 11.7. The van der Waals surface area contributed by atoms with Crippen LogP contribution in [0.4, 0.5) is 4.79 Å². The molecule has 1 aliphatic carbocycles. The molecule has 1 saturated carbocycles. The lowest BCUT2D eigenvalue weighted by molar-refractivity contribution is 0.124. The predicted octanol–water partition coefficient (Wildman–Crippen LogP) is 1.98. The Hall–Kier alpha value is -0.420. The smallest absolute Gasteiger partial charge is 0.315 e.